The molecule has 0 saturated carbocycles. The van der Waals surface area contributed by atoms with Crippen LogP contribution in [0.2, 0.25) is 0 Å². The van der Waals surface area contributed by atoms with Crippen molar-refractivity contribution in [1.29, 1.82) is 0 Å². The fourth-order valence-corrected chi connectivity index (χ4v) is 3.19. The highest BCUT2D eigenvalue weighted by atomic mass is 16.3. The molecule has 1 aliphatic heterocycles. The maximum Gasteiger partial charge on any atom is 0.136 e. The molecule has 0 radical (unpaired) electrons. The zero-order chi connectivity index (χ0) is 13.4. The molecule has 2 unspecified atom stereocenters. The summed E-state index contributed by atoms with van der Waals surface area (Å²) in [7, 11) is 0. The molecule has 0 bridgehead atoms. The number of aromatic nitrogens is 1. The minimum absolute atomic E-state index is 0.0414. The third-order valence-electron chi connectivity index (χ3n) is 4.08. The zero-order valence-corrected chi connectivity index (χ0v) is 11.5. The van der Waals surface area contributed by atoms with Crippen LogP contribution in [0.1, 0.15) is 25.8 Å². The number of anilines is 1. The predicted octanol–water partition coefficient (Wildman–Crippen LogP) is 2.96. The minimum Gasteiger partial charge on any atom is -0.392 e. The molecule has 3 nitrogen and oxygen atoms in total. The molecule has 19 heavy (non-hydrogen) atoms. The van der Waals surface area contributed by atoms with Crippen molar-refractivity contribution >= 4 is 16.6 Å². The minimum atomic E-state index is 0.0414. The second-order valence-corrected chi connectivity index (χ2v) is 5.65. The highest BCUT2D eigenvalue weighted by molar-refractivity contribution is 5.94. The van der Waals surface area contributed by atoms with Crippen molar-refractivity contribution in [3.05, 3.63) is 36.0 Å². The molecule has 1 fully saturated rings. The van der Waals surface area contributed by atoms with E-state index in [2.05, 4.69) is 35.9 Å². The molecule has 0 amide bonds. The van der Waals surface area contributed by atoms with E-state index in [9.17, 15) is 5.11 Å². The summed E-state index contributed by atoms with van der Waals surface area (Å²) in [5.41, 5.74) is 0.902. The molecule has 1 aromatic heterocycles. The third-order valence-corrected chi connectivity index (χ3v) is 4.08. The Labute approximate surface area is 113 Å². The Morgan fingerprint density at radius 2 is 2.00 bits per heavy atom. The summed E-state index contributed by atoms with van der Waals surface area (Å²) in [6.45, 7) is 5.66. The van der Waals surface area contributed by atoms with Crippen LogP contribution in [0.3, 0.4) is 0 Å². The van der Waals surface area contributed by atoms with Gasteiger partial charge in [0.2, 0.25) is 0 Å². The van der Waals surface area contributed by atoms with Gasteiger partial charge in [-0.15, -0.1) is 0 Å². The summed E-state index contributed by atoms with van der Waals surface area (Å²) in [6.07, 6.45) is 3.03. The molecule has 2 atom stereocenters. The van der Waals surface area contributed by atoms with E-state index in [1.807, 2.05) is 18.3 Å². The van der Waals surface area contributed by atoms with E-state index in [1.54, 1.807) is 0 Å². The van der Waals surface area contributed by atoms with Gasteiger partial charge >= 0.3 is 0 Å². The van der Waals surface area contributed by atoms with Gasteiger partial charge in [0.15, 0.2) is 0 Å². The van der Waals surface area contributed by atoms with E-state index in [4.69, 9.17) is 0 Å². The molecule has 0 spiro atoms. The first-order chi connectivity index (χ1) is 9.20. The van der Waals surface area contributed by atoms with Crippen LogP contribution in [-0.2, 0) is 6.61 Å². The van der Waals surface area contributed by atoms with E-state index in [1.165, 1.54) is 6.42 Å². The van der Waals surface area contributed by atoms with Crippen LogP contribution >= 0.6 is 0 Å². The number of aliphatic hydroxyl groups excluding tert-OH is 1. The number of fused-ring (bicyclic) bond motifs is 1. The average Bonchev–Trinajstić information content (AvgIpc) is 2.76. The quantitative estimate of drug-likeness (QED) is 0.897. The van der Waals surface area contributed by atoms with E-state index in [0.717, 1.165) is 28.7 Å². The van der Waals surface area contributed by atoms with Crippen LogP contribution in [0, 0.1) is 5.92 Å². The van der Waals surface area contributed by atoms with Crippen molar-refractivity contribution in [3.8, 4) is 0 Å². The molecular formula is C16H20N2O. The van der Waals surface area contributed by atoms with Gasteiger partial charge in [-0.05, 0) is 24.6 Å². The van der Waals surface area contributed by atoms with Crippen LogP contribution in [0.5, 0.6) is 0 Å². The van der Waals surface area contributed by atoms with Crippen LogP contribution in [0.25, 0.3) is 10.8 Å². The Hall–Kier alpha value is -1.61. The molecule has 2 heterocycles. The van der Waals surface area contributed by atoms with Crippen molar-refractivity contribution in [3.63, 3.8) is 0 Å². The number of hydrogen-bond donors (Lipinski definition) is 1. The van der Waals surface area contributed by atoms with E-state index in [-0.39, 0.29) is 6.61 Å². The van der Waals surface area contributed by atoms with Crippen molar-refractivity contribution in [2.24, 2.45) is 5.92 Å². The van der Waals surface area contributed by atoms with Crippen molar-refractivity contribution in [2.45, 2.75) is 32.9 Å². The van der Waals surface area contributed by atoms with Crippen LogP contribution in [0.15, 0.2) is 30.5 Å². The highest BCUT2D eigenvalue weighted by Crippen LogP contribution is 2.33. The molecule has 1 aliphatic rings. The first-order valence-corrected chi connectivity index (χ1v) is 6.95. The van der Waals surface area contributed by atoms with Gasteiger partial charge in [-0.3, -0.25) is 0 Å². The molecule has 1 saturated heterocycles. The largest absolute Gasteiger partial charge is 0.392 e. The fraction of sp³-hybridized carbons (Fsp3) is 0.438. The van der Waals surface area contributed by atoms with Gasteiger partial charge < -0.3 is 10.0 Å². The van der Waals surface area contributed by atoms with Gasteiger partial charge in [-0.2, -0.15) is 0 Å². The highest BCUT2D eigenvalue weighted by Gasteiger charge is 2.28. The molecule has 3 rings (SSSR count). The Balaban J connectivity index is 2.15. The van der Waals surface area contributed by atoms with Crippen molar-refractivity contribution in [1.82, 2.24) is 4.98 Å². The van der Waals surface area contributed by atoms with Gasteiger partial charge in [0.25, 0.3) is 0 Å². The lowest BCUT2D eigenvalue weighted by atomic mass is 10.1. The molecule has 0 aliphatic carbocycles. The summed E-state index contributed by atoms with van der Waals surface area (Å²) in [5.74, 6) is 1.78. The molecular weight excluding hydrogens is 236 g/mol. The van der Waals surface area contributed by atoms with Crippen molar-refractivity contribution < 1.29 is 5.11 Å². The second-order valence-electron chi connectivity index (χ2n) is 5.65. The lowest BCUT2D eigenvalue weighted by Gasteiger charge is -2.24. The van der Waals surface area contributed by atoms with Crippen LogP contribution in [-0.4, -0.2) is 22.7 Å². The monoisotopic (exact) mass is 256 g/mol. The number of rotatable bonds is 2. The van der Waals surface area contributed by atoms with Gasteiger partial charge in [0, 0.05) is 29.7 Å². The van der Waals surface area contributed by atoms with Crippen LogP contribution < -0.4 is 4.90 Å². The molecule has 1 aromatic carbocycles. The summed E-state index contributed by atoms with van der Waals surface area (Å²) in [5, 5.41) is 11.7. The normalized spacial score (nSPS) is 23.2. The van der Waals surface area contributed by atoms with E-state index >= 15 is 0 Å². The van der Waals surface area contributed by atoms with Gasteiger partial charge in [-0.25, -0.2) is 4.98 Å². The molecule has 1 N–H and O–H groups in total. The first-order valence-electron chi connectivity index (χ1n) is 6.95. The maximum absolute atomic E-state index is 9.43. The summed E-state index contributed by atoms with van der Waals surface area (Å²) in [4.78, 5) is 7.01. The average molecular weight is 256 g/mol. The Kier molecular flexibility index (Phi) is 3.15. The lowest BCUT2D eigenvalue weighted by molar-refractivity contribution is 0.283. The summed E-state index contributed by atoms with van der Waals surface area (Å²) >= 11 is 0. The van der Waals surface area contributed by atoms with E-state index in [0.29, 0.717) is 12.0 Å². The number of benzene rings is 1. The fourth-order valence-electron chi connectivity index (χ4n) is 3.19. The SMILES string of the molecule is CC1CC(C)N(c2ncc(CO)c3ccccc23)C1. The summed E-state index contributed by atoms with van der Waals surface area (Å²) in [6, 6.07) is 8.76. The van der Waals surface area contributed by atoms with Gasteiger partial charge in [-0.1, -0.05) is 31.2 Å². The first kappa shape index (κ1) is 12.4. The predicted molar refractivity (Wildman–Crippen MR) is 78.3 cm³/mol. The van der Waals surface area contributed by atoms with Gasteiger partial charge in [0.05, 0.1) is 6.61 Å². The van der Waals surface area contributed by atoms with Gasteiger partial charge in [0.1, 0.15) is 5.82 Å². The Bertz CT molecular complexity index is 596. The molecule has 2 aromatic rings. The van der Waals surface area contributed by atoms with E-state index < -0.39 is 0 Å². The topological polar surface area (TPSA) is 36.4 Å². The molecule has 3 heteroatoms. The third kappa shape index (κ3) is 2.08. The lowest BCUT2D eigenvalue weighted by Crippen LogP contribution is -2.27. The van der Waals surface area contributed by atoms with Crippen LogP contribution in [0.4, 0.5) is 5.82 Å². The Morgan fingerprint density at radius 3 is 2.63 bits per heavy atom. The zero-order valence-electron chi connectivity index (χ0n) is 11.5. The second kappa shape index (κ2) is 4.82. The Morgan fingerprint density at radius 1 is 1.26 bits per heavy atom. The van der Waals surface area contributed by atoms with Crippen molar-refractivity contribution in [2.75, 3.05) is 11.4 Å². The molecule has 100 valence electrons. The summed E-state index contributed by atoms with van der Waals surface area (Å²) < 4.78 is 0. The number of hydrogen-bond acceptors (Lipinski definition) is 3. The number of aliphatic hydroxyl groups is 1. The smallest absolute Gasteiger partial charge is 0.136 e. The number of pyridine rings is 1. The number of nitrogens with zero attached hydrogens (tertiary/aromatic N) is 2. The maximum atomic E-state index is 9.43. The standard InChI is InChI=1S/C16H20N2O/c1-11-7-12(2)18(9-11)16-15-6-4-3-5-14(15)13(10-19)8-17-16/h3-6,8,11-12,19H,7,9-10H2,1-2H3.